The van der Waals surface area contributed by atoms with Gasteiger partial charge in [-0.25, -0.2) is 9.07 Å². The summed E-state index contributed by atoms with van der Waals surface area (Å²) in [6.07, 6.45) is 3.38. The Morgan fingerprint density at radius 3 is 2.80 bits per heavy atom. The molecule has 0 saturated carbocycles. The normalized spacial score (nSPS) is 12.7. The van der Waals surface area contributed by atoms with Crippen LogP contribution in [0.3, 0.4) is 0 Å². The molecule has 0 amide bonds. The van der Waals surface area contributed by atoms with Gasteiger partial charge in [-0.05, 0) is 47.2 Å². The van der Waals surface area contributed by atoms with Crippen LogP contribution >= 0.6 is 22.6 Å². The minimum Gasteiger partial charge on any atom is -0.255 e. The summed E-state index contributed by atoms with van der Waals surface area (Å²) in [7, 11) is 0. The summed E-state index contributed by atoms with van der Waals surface area (Å²) >= 11 is 1.67. The van der Waals surface area contributed by atoms with Crippen molar-refractivity contribution in [3.05, 3.63) is 36.2 Å². The molecule has 2 aromatic heterocycles. The van der Waals surface area contributed by atoms with Gasteiger partial charge in [0.25, 0.3) is 0 Å². The summed E-state index contributed by atoms with van der Waals surface area (Å²) in [6.45, 7) is 1.90. The molecule has 0 aliphatic rings. The molecule has 1 unspecified atom stereocenters. The van der Waals surface area contributed by atoms with Gasteiger partial charge in [0.15, 0.2) is 0 Å². The summed E-state index contributed by atoms with van der Waals surface area (Å²) in [5.74, 6) is 0. The largest absolute Gasteiger partial charge is 0.255 e. The van der Waals surface area contributed by atoms with Crippen LogP contribution in [0.25, 0.3) is 11.4 Å². The number of pyridine rings is 1. The van der Waals surface area contributed by atoms with Gasteiger partial charge in [-0.2, -0.15) is 5.10 Å². The third kappa shape index (κ3) is 2.17. The van der Waals surface area contributed by atoms with Crippen LogP contribution in [0.4, 0.5) is 4.39 Å². The number of nitrogens with zero attached hydrogens (tertiary/aromatic N) is 3. The lowest BCUT2D eigenvalue weighted by Crippen LogP contribution is -1.96. The van der Waals surface area contributed by atoms with E-state index in [9.17, 15) is 4.39 Å². The highest BCUT2D eigenvalue weighted by Gasteiger charge is 2.11. The first-order chi connectivity index (χ1) is 7.18. The Hall–Kier alpha value is -0.980. The van der Waals surface area contributed by atoms with E-state index in [1.807, 2.05) is 25.1 Å². The number of hydrogen-bond donors (Lipinski definition) is 0. The Bertz CT molecular complexity index is 453. The second-order valence-electron chi connectivity index (χ2n) is 3.13. The monoisotopic (exact) mass is 317 g/mol. The van der Waals surface area contributed by atoms with E-state index in [0.717, 1.165) is 17.0 Å². The van der Waals surface area contributed by atoms with E-state index in [2.05, 4.69) is 10.1 Å². The molecule has 1 atom stereocenters. The molecule has 0 bridgehead atoms. The summed E-state index contributed by atoms with van der Waals surface area (Å²) in [6, 6.07) is 5.59. The van der Waals surface area contributed by atoms with E-state index in [1.165, 1.54) is 4.68 Å². The van der Waals surface area contributed by atoms with Gasteiger partial charge in [-0.1, -0.05) is 6.07 Å². The van der Waals surface area contributed by atoms with Crippen LogP contribution in [-0.4, -0.2) is 14.8 Å². The van der Waals surface area contributed by atoms with Gasteiger partial charge in [0.05, 0.1) is 5.69 Å². The first-order valence-electron chi connectivity index (χ1n) is 4.44. The lowest BCUT2D eigenvalue weighted by Gasteiger charge is -1.98. The van der Waals surface area contributed by atoms with Crippen molar-refractivity contribution in [2.24, 2.45) is 0 Å². The van der Waals surface area contributed by atoms with Gasteiger partial charge >= 0.3 is 0 Å². The average Bonchev–Trinajstić information content (AvgIpc) is 2.62. The maximum absolute atomic E-state index is 13.0. The Balaban J connectivity index is 2.45. The molecule has 0 saturated heterocycles. The molecule has 0 fully saturated rings. The van der Waals surface area contributed by atoms with Gasteiger partial charge in [0.1, 0.15) is 5.69 Å². The Morgan fingerprint density at radius 2 is 2.27 bits per heavy atom. The number of alkyl halides is 2. The third-order valence-corrected chi connectivity index (χ3v) is 2.59. The standard InChI is InChI=1S/C10H9FIN3/c1-7-6-15(10(11)12)14-9(7)8-4-2-3-5-13-8/h2-6,10H,1H3. The molecule has 0 spiro atoms. The molecule has 0 aliphatic carbocycles. The van der Waals surface area contributed by atoms with Crippen molar-refractivity contribution in [1.29, 1.82) is 0 Å². The van der Waals surface area contributed by atoms with Crippen molar-refractivity contribution in [2.45, 2.75) is 11.2 Å². The van der Waals surface area contributed by atoms with Crippen LogP contribution < -0.4 is 0 Å². The van der Waals surface area contributed by atoms with E-state index in [-0.39, 0.29) is 0 Å². The topological polar surface area (TPSA) is 30.7 Å². The van der Waals surface area contributed by atoms with Crippen molar-refractivity contribution in [2.75, 3.05) is 0 Å². The van der Waals surface area contributed by atoms with Crippen molar-refractivity contribution < 1.29 is 4.39 Å². The minimum atomic E-state index is -1.14. The fourth-order valence-electron chi connectivity index (χ4n) is 1.34. The SMILES string of the molecule is Cc1cn(C(F)I)nc1-c1ccccn1. The molecular formula is C10H9FIN3. The molecule has 0 aliphatic heterocycles. The first kappa shape index (κ1) is 10.5. The van der Waals surface area contributed by atoms with Crippen LogP contribution in [0, 0.1) is 6.92 Å². The van der Waals surface area contributed by atoms with Crippen molar-refractivity contribution in [3.8, 4) is 11.4 Å². The van der Waals surface area contributed by atoms with E-state index < -0.39 is 4.30 Å². The Kier molecular flexibility index (Phi) is 2.99. The smallest absolute Gasteiger partial charge is 0.241 e. The van der Waals surface area contributed by atoms with Crippen molar-refractivity contribution in [1.82, 2.24) is 14.8 Å². The molecule has 2 heterocycles. The quantitative estimate of drug-likeness (QED) is 0.629. The molecule has 78 valence electrons. The molecule has 2 aromatic rings. The summed E-state index contributed by atoms with van der Waals surface area (Å²) in [5, 5.41) is 4.15. The fourth-order valence-corrected chi connectivity index (χ4v) is 1.62. The number of rotatable bonds is 2. The predicted molar refractivity (Wildman–Crippen MR) is 64.4 cm³/mol. The van der Waals surface area contributed by atoms with E-state index >= 15 is 0 Å². The Morgan fingerprint density at radius 1 is 1.47 bits per heavy atom. The van der Waals surface area contributed by atoms with Crippen molar-refractivity contribution in [3.63, 3.8) is 0 Å². The Labute approximate surface area is 100 Å². The average molecular weight is 317 g/mol. The van der Waals surface area contributed by atoms with Crippen LogP contribution in [0.2, 0.25) is 0 Å². The zero-order valence-electron chi connectivity index (χ0n) is 8.06. The highest BCUT2D eigenvalue weighted by molar-refractivity contribution is 14.1. The second kappa shape index (κ2) is 4.26. The van der Waals surface area contributed by atoms with Gasteiger partial charge in [0, 0.05) is 12.4 Å². The second-order valence-corrected chi connectivity index (χ2v) is 4.16. The molecule has 0 N–H and O–H groups in total. The molecule has 15 heavy (non-hydrogen) atoms. The molecule has 0 radical (unpaired) electrons. The van der Waals surface area contributed by atoms with Crippen molar-refractivity contribution >= 4 is 22.6 Å². The summed E-state index contributed by atoms with van der Waals surface area (Å²) in [5.41, 5.74) is 2.42. The zero-order valence-corrected chi connectivity index (χ0v) is 10.2. The van der Waals surface area contributed by atoms with Gasteiger partial charge < -0.3 is 0 Å². The number of hydrogen-bond acceptors (Lipinski definition) is 2. The molecule has 2 rings (SSSR count). The van der Waals surface area contributed by atoms with E-state index in [1.54, 1.807) is 35.0 Å². The van der Waals surface area contributed by atoms with Crippen LogP contribution in [0.1, 0.15) is 9.87 Å². The highest BCUT2D eigenvalue weighted by atomic mass is 127. The number of aryl methyl sites for hydroxylation is 1. The van der Waals surface area contributed by atoms with Gasteiger partial charge in [-0.3, -0.25) is 4.98 Å². The molecule has 0 aromatic carbocycles. The summed E-state index contributed by atoms with van der Waals surface area (Å²) < 4.78 is 13.2. The maximum atomic E-state index is 13.0. The first-order valence-corrected chi connectivity index (χ1v) is 5.68. The van der Waals surface area contributed by atoms with Crippen LogP contribution in [0.15, 0.2) is 30.6 Å². The molecular weight excluding hydrogens is 308 g/mol. The molecule has 5 heteroatoms. The van der Waals surface area contributed by atoms with E-state index in [4.69, 9.17) is 0 Å². The minimum absolute atomic E-state index is 0.731. The van der Waals surface area contributed by atoms with Gasteiger partial charge in [-0.15, -0.1) is 0 Å². The van der Waals surface area contributed by atoms with E-state index in [0.29, 0.717) is 0 Å². The lowest BCUT2D eigenvalue weighted by molar-refractivity contribution is 0.356. The lowest BCUT2D eigenvalue weighted by atomic mass is 10.2. The maximum Gasteiger partial charge on any atom is 0.241 e. The highest BCUT2D eigenvalue weighted by Crippen LogP contribution is 2.23. The fraction of sp³-hybridized carbons (Fsp3) is 0.200. The number of aromatic nitrogens is 3. The predicted octanol–water partition coefficient (Wildman–Crippen LogP) is 3.11. The summed E-state index contributed by atoms with van der Waals surface area (Å²) in [4.78, 5) is 4.18. The van der Waals surface area contributed by atoms with Gasteiger partial charge in [0.2, 0.25) is 4.30 Å². The molecule has 3 nitrogen and oxygen atoms in total. The van der Waals surface area contributed by atoms with Crippen LogP contribution in [-0.2, 0) is 0 Å². The third-order valence-electron chi connectivity index (χ3n) is 2.02. The number of halogens is 2. The van der Waals surface area contributed by atoms with Crippen LogP contribution in [0.5, 0.6) is 0 Å². The zero-order chi connectivity index (χ0) is 10.8.